The standard InChI is InChI=1S/C8H4Br2N2/c9-6-3-1-2-5-7(10)4-11-12-8(5)6/h1-4H. The van der Waals surface area contributed by atoms with Crippen LogP contribution in [0.4, 0.5) is 0 Å². The molecule has 4 heteroatoms. The first-order valence-corrected chi connectivity index (χ1v) is 4.93. The Kier molecular flexibility index (Phi) is 2.11. The van der Waals surface area contributed by atoms with E-state index in [4.69, 9.17) is 0 Å². The van der Waals surface area contributed by atoms with Crippen LogP contribution in [-0.2, 0) is 0 Å². The lowest BCUT2D eigenvalue weighted by atomic mass is 10.2. The average molecular weight is 288 g/mol. The van der Waals surface area contributed by atoms with Gasteiger partial charge in [-0.15, -0.1) is 5.10 Å². The molecule has 0 saturated carbocycles. The maximum absolute atomic E-state index is 4.01. The van der Waals surface area contributed by atoms with E-state index >= 15 is 0 Å². The van der Waals surface area contributed by atoms with E-state index in [0.717, 1.165) is 19.8 Å². The molecule has 0 spiro atoms. The summed E-state index contributed by atoms with van der Waals surface area (Å²) in [7, 11) is 0. The molecule has 0 bridgehead atoms. The summed E-state index contributed by atoms with van der Waals surface area (Å²) < 4.78 is 1.93. The van der Waals surface area contributed by atoms with E-state index in [9.17, 15) is 0 Å². The Morgan fingerprint density at radius 1 is 1.08 bits per heavy atom. The smallest absolute Gasteiger partial charge is 0.108 e. The highest BCUT2D eigenvalue weighted by Gasteiger charge is 2.01. The number of hydrogen-bond acceptors (Lipinski definition) is 2. The molecule has 0 amide bonds. The second-order valence-corrected chi connectivity index (χ2v) is 4.04. The minimum absolute atomic E-state index is 0.881. The van der Waals surface area contributed by atoms with Crippen LogP contribution in [0.15, 0.2) is 33.3 Å². The zero-order chi connectivity index (χ0) is 8.55. The molecular formula is C8H4Br2N2. The molecule has 2 rings (SSSR count). The van der Waals surface area contributed by atoms with E-state index in [1.807, 2.05) is 18.2 Å². The van der Waals surface area contributed by atoms with Crippen molar-refractivity contribution in [2.75, 3.05) is 0 Å². The number of rotatable bonds is 0. The van der Waals surface area contributed by atoms with Gasteiger partial charge in [-0.2, -0.15) is 5.10 Å². The molecule has 60 valence electrons. The van der Waals surface area contributed by atoms with Crippen molar-refractivity contribution >= 4 is 42.8 Å². The first-order valence-electron chi connectivity index (χ1n) is 3.34. The third-order valence-corrected chi connectivity index (χ3v) is 2.84. The predicted octanol–water partition coefficient (Wildman–Crippen LogP) is 3.15. The van der Waals surface area contributed by atoms with Gasteiger partial charge >= 0.3 is 0 Å². The first kappa shape index (κ1) is 8.13. The van der Waals surface area contributed by atoms with Crippen molar-refractivity contribution in [3.63, 3.8) is 0 Å². The van der Waals surface area contributed by atoms with Crippen LogP contribution < -0.4 is 0 Å². The first-order chi connectivity index (χ1) is 5.79. The van der Waals surface area contributed by atoms with Crippen LogP contribution in [-0.4, -0.2) is 10.2 Å². The lowest BCUT2D eigenvalue weighted by molar-refractivity contribution is 1.07. The fourth-order valence-corrected chi connectivity index (χ4v) is 1.87. The lowest BCUT2D eigenvalue weighted by Crippen LogP contribution is -1.84. The fourth-order valence-electron chi connectivity index (χ4n) is 1.02. The third-order valence-electron chi connectivity index (χ3n) is 1.57. The van der Waals surface area contributed by atoms with Gasteiger partial charge in [-0.25, -0.2) is 0 Å². The highest BCUT2D eigenvalue weighted by atomic mass is 79.9. The lowest BCUT2D eigenvalue weighted by Gasteiger charge is -1.98. The van der Waals surface area contributed by atoms with Gasteiger partial charge in [0.25, 0.3) is 0 Å². The number of hydrogen-bond donors (Lipinski definition) is 0. The van der Waals surface area contributed by atoms with Gasteiger partial charge < -0.3 is 0 Å². The van der Waals surface area contributed by atoms with Gasteiger partial charge in [0.1, 0.15) is 5.52 Å². The van der Waals surface area contributed by atoms with Gasteiger partial charge in [0.05, 0.1) is 6.20 Å². The summed E-state index contributed by atoms with van der Waals surface area (Å²) >= 11 is 6.82. The zero-order valence-electron chi connectivity index (χ0n) is 5.96. The van der Waals surface area contributed by atoms with Crippen LogP contribution in [0, 0.1) is 0 Å². The van der Waals surface area contributed by atoms with E-state index in [0.29, 0.717) is 0 Å². The summed E-state index contributed by atoms with van der Waals surface area (Å²) in [6, 6.07) is 5.92. The Bertz CT molecular complexity index is 387. The van der Waals surface area contributed by atoms with Crippen molar-refractivity contribution in [2.45, 2.75) is 0 Å². The van der Waals surface area contributed by atoms with Crippen LogP contribution in [0.2, 0.25) is 0 Å². The number of nitrogens with zero attached hydrogens (tertiary/aromatic N) is 2. The Hall–Kier alpha value is -0.480. The summed E-state index contributed by atoms with van der Waals surface area (Å²) in [5.74, 6) is 0. The van der Waals surface area contributed by atoms with Crippen molar-refractivity contribution in [1.29, 1.82) is 0 Å². The second-order valence-electron chi connectivity index (χ2n) is 2.33. The van der Waals surface area contributed by atoms with Crippen LogP contribution >= 0.6 is 31.9 Å². The molecule has 0 aliphatic heterocycles. The van der Waals surface area contributed by atoms with E-state index < -0.39 is 0 Å². The number of halogens is 2. The highest BCUT2D eigenvalue weighted by Crippen LogP contribution is 2.26. The Morgan fingerprint density at radius 3 is 2.67 bits per heavy atom. The molecule has 2 nitrogen and oxygen atoms in total. The molecule has 0 atom stereocenters. The zero-order valence-corrected chi connectivity index (χ0v) is 9.13. The maximum Gasteiger partial charge on any atom is 0.108 e. The quantitative estimate of drug-likeness (QED) is 0.744. The largest absolute Gasteiger partial charge is 0.157 e. The summed E-state index contributed by atoms with van der Waals surface area (Å²) in [5.41, 5.74) is 0.881. The van der Waals surface area contributed by atoms with Crippen LogP contribution in [0.3, 0.4) is 0 Å². The van der Waals surface area contributed by atoms with Crippen molar-refractivity contribution in [1.82, 2.24) is 10.2 Å². The van der Waals surface area contributed by atoms with Crippen LogP contribution in [0.25, 0.3) is 10.9 Å². The van der Waals surface area contributed by atoms with Gasteiger partial charge in [0.2, 0.25) is 0 Å². The molecule has 0 N–H and O–H groups in total. The SMILES string of the molecule is Brc1cnnc2c(Br)cccc12. The normalized spacial score (nSPS) is 10.5. The van der Waals surface area contributed by atoms with E-state index in [1.54, 1.807) is 6.20 Å². The molecule has 0 aliphatic rings. The Morgan fingerprint density at radius 2 is 1.92 bits per heavy atom. The summed E-state index contributed by atoms with van der Waals surface area (Å²) in [6.45, 7) is 0. The highest BCUT2D eigenvalue weighted by molar-refractivity contribution is 9.11. The minimum Gasteiger partial charge on any atom is -0.157 e. The third kappa shape index (κ3) is 1.25. The van der Waals surface area contributed by atoms with Crippen LogP contribution in [0.5, 0.6) is 0 Å². The number of aromatic nitrogens is 2. The molecule has 2 aromatic rings. The molecule has 1 aromatic carbocycles. The number of benzene rings is 1. The Balaban J connectivity index is 2.94. The molecular weight excluding hydrogens is 284 g/mol. The van der Waals surface area contributed by atoms with Gasteiger partial charge in [0.15, 0.2) is 0 Å². The summed E-state index contributed by atoms with van der Waals surface area (Å²) in [5, 5.41) is 8.93. The summed E-state index contributed by atoms with van der Waals surface area (Å²) in [6.07, 6.45) is 1.69. The topological polar surface area (TPSA) is 25.8 Å². The summed E-state index contributed by atoms with van der Waals surface area (Å²) in [4.78, 5) is 0. The van der Waals surface area contributed by atoms with Crippen molar-refractivity contribution in [2.24, 2.45) is 0 Å². The van der Waals surface area contributed by atoms with Crippen molar-refractivity contribution < 1.29 is 0 Å². The van der Waals surface area contributed by atoms with E-state index in [-0.39, 0.29) is 0 Å². The van der Waals surface area contributed by atoms with Gasteiger partial charge in [-0.3, -0.25) is 0 Å². The molecule has 1 aromatic heterocycles. The molecule has 0 aliphatic carbocycles. The number of fused-ring (bicyclic) bond motifs is 1. The second kappa shape index (κ2) is 3.11. The predicted molar refractivity (Wildman–Crippen MR) is 54.9 cm³/mol. The van der Waals surface area contributed by atoms with E-state index in [1.165, 1.54) is 0 Å². The average Bonchev–Trinajstić information content (AvgIpc) is 2.07. The molecule has 0 unspecified atom stereocenters. The van der Waals surface area contributed by atoms with Crippen molar-refractivity contribution in [3.05, 3.63) is 33.3 Å². The fraction of sp³-hybridized carbons (Fsp3) is 0. The monoisotopic (exact) mass is 286 g/mol. The van der Waals surface area contributed by atoms with Gasteiger partial charge in [-0.05, 0) is 37.9 Å². The molecule has 0 saturated heterocycles. The Labute approximate surface area is 86.3 Å². The van der Waals surface area contributed by atoms with Gasteiger partial charge in [0, 0.05) is 14.3 Å². The maximum atomic E-state index is 4.01. The minimum atomic E-state index is 0.881. The van der Waals surface area contributed by atoms with Gasteiger partial charge in [-0.1, -0.05) is 12.1 Å². The van der Waals surface area contributed by atoms with Crippen molar-refractivity contribution in [3.8, 4) is 0 Å². The molecule has 12 heavy (non-hydrogen) atoms. The van der Waals surface area contributed by atoms with Crippen LogP contribution in [0.1, 0.15) is 0 Å². The molecule has 0 fully saturated rings. The molecule has 1 heterocycles. The molecule has 0 radical (unpaired) electrons. The van der Waals surface area contributed by atoms with E-state index in [2.05, 4.69) is 42.1 Å².